The number of likely N-dealkylation sites (tertiary alicyclic amines) is 1. The Hall–Kier alpha value is -2.87. The van der Waals surface area contributed by atoms with Gasteiger partial charge in [-0.05, 0) is 69.2 Å². The van der Waals surface area contributed by atoms with Gasteiger partial charge in [0.15, 0.2) is 0 Å². The fourth-order valence-electron chi connectivity index (χ4n) is 7.45. The topological polar surface area (TPSA) is 79.7 Å². The highest BCUT2D eigenvalue weighted by molar-refractivity contribution is 6.00. The van der Waals surface area contributed by atoms with Gasteiger partial charge in [0.2, 0.25) is 11.8 Å². The molecule has 3 heterocycles. The Kier molecular flexibility index (Phi) is 9.07. The molecule has 2 aliphatic heterocycles. The van der Waals surface area contributed by atoms with Crippen LogP contribution in [0.1, 0.15) is 88.6 Å². The first-order chi connectivity index (χ1) is 19.8. The second-order valence-electron chi connectivity index (χ2n) is 12.6. The van der Waals surface area contributed by atoms with E-state index in [1.807, 2.05) is 33.8 Å². The average molecular weight is 564 g/mol. The van der Waals surface area contributed by atoms with Crippen LogP contribution in [-0.4, -0.2) is 69.7 Å². The molecule has 2 atom stereocenters. The summed E-state index contributed by atoms with van der Waals surface area (Å²) in [6.07, 6.45) is 9.38. The summed E-state index contributed by atoms with van der Waals surface area (Å²) in [6, 6.07) is 7.57. The number of methoxy groups -OCH3 is 1. The highest BCUT2D eigenvalue weighted by Gasteiger charge is 2.54. The lowest BCUT2D eigenvalue weighted by Crippen LogP contribution is -2.74. The van der Waals surface area contributed by atoms with Crippen molar-refractivity contribution in [3.05, 3.63) is 41.2 Å². The number of carbonyl (C=O) groups is 2. The van der Waals surface area contributed by atoms with Crippen molar-refractivity contribution in [1.82, 2.24) is 24.9 Å². The molecule has 1 aromatic heterocycles. The van der Waals surface area contributed by atoms with Crippen molar-refractivity contribution < 1.29 is 14.3 Å². The summed E-state index contributed by atoms with van der Waals surface area (Å²) in [6.45, 7) is 11.5. The maximum absolute atomic E-state index is 14.1. The van der Waals surface area contributed by atoms with Crippen molar-refractivity contribution in [3.63, 3.8) is 0 Å². The molecular formula is C33H49N5O3. The number of piperidine rings is 1. The van der Waals surface area contributed by atoms with Gasteiger partial charge in [0.05, 0.1) is 18.5 Å². The number of rotatable bonds is 9. The van der Waals surface area contributed by atoms with E-state index in [-0.39, 0.29) is 23.8 Å². The molecule has 1 aromatic carbocycles. The van der Waals surface area contributed by atoms with E-state index >= 15 is 0 Å². The van der Waals surface area contributed by atoms with E-state index in [1.165, 1.54) is 37.7 Å². The van der Waals surface area contributed by atoms with Crippen LogP contribution in [0.5, 0.6) is 5.75 Å². The number of nitrogens with one attached hydrogen (secondary N) is 1. The van der Waals surface area contributed by atoms with Gasteiger partial charge < -0.3 is 15.0 Å². The fourth-order valence-corrected chi connectivity index (χ4v) is 7.45. The van der Waals surface area contributed by atoms with Gasteiger partial charge in [-0.25, -0.2) is 4.68 Å². The summed E-state index contributed by atoms with van der Waals surface area (Å²) in [7, 11) is 1.67. The average Bonchev–Trinajstić information content (AvgIpc) is 3.28. The Balaban J connectivity index is 1.29. The van der Waals surface area contributed by atoms with Crippen molar-refractivity contribution in [2.45, 2.75) is 104 Å². The van der Waals surface area contributed by atoms with Crippen LogP contribution in [0.15, 0.2) is 24.3 Å². The first-order valence-electron chi connectivity index (χ1n) is 15.8. The van der Waals surface area contributed by atoms with Crippen molar-refractivity contribution in [3.8, 4) is 11.4 Å². The molecule has 41 heavy (non-hydrogen) atoms. The minimum Gasteiger partial charge on any atom is -0.497 e. The summed E-state index contributed by atoms with van der Waals surface area (Å²) in [5.41, 5.74) is 3.65. The molecule has 3 aliphatic rings. The summed E-state index contributed by atoms with van der Waals surface area (Å²) < 4.78 is 7.31. The monoisotopic (exact) mass is 563 g/mol. The number of unbranched alkanes of at least 4 members (excludes halogenated alkanes) is 1. The second kappa shape index (κ2) is 12.6. The Labute approximate surface area is 245 Å². The van der Waals surface area contributed by atoms with Crippen LogP contribution in [0.3, 0.4) is 0 Å². The van der Waals surface area contributed by atoms with Gasteiger partial charge >= 0.3 is 0 Å². The summed E-state index contributed by atoms with van der Waals surface area (Å²) >= 11 is 0. The number of aryl methyl sites for hydroxylation is 1. The van der Waals surface area contributed by atoms with E-state index in [1.54, 1.807) is 7.11 Å². The number of hydrogen-bond acceptors (Lipinski definition) is 5. The zero-order valence-corrected chi connectivity index (χ0v) is 25.7. The number of carbonyl (C=O) groups excluding carboxylic acids is 2. The molecular weight excluding hydrogens is 514 g/mol. The molecule has 224 valence electrons. The van der Waals surface area contributed by atoms with E-state index in [9.17, 15) is 9.59 Å². The lowest BCUT2D eigenvalue weighted by atomic mass is 9.74. The lowest BCUT2D eigenvalue weighted by molar-refractivity contribution is -0.163. The van der Waals surface area contributed by atoms with Crippen molar-refractivity contribution in [1.29, 1.82) is 0 Å². The Morgan fingerprint density at radius 1 is 1.07 bits per heavy atom. The van der Waals surface area contributed by atoms with E-state index in [0.717, 1.165) is 55.3 Å². The fraction of sp³-hybridized carbons (Fsp3) is 0.667. The van der Waals surface area contributed by atoms with E-state index < -0.39 is 5.54 Å². The lowest BCUT2D eigenvalue weighted by Gasteiger charge is -2.53. The summed E-state index contributed by atoms with van der Waals surface area (Å²) in [5.74, 6) is 1.75. The molecule has 1 saturated carbocycles. The van der Waals surface area contributed by atoms with Crippen LogP contribution in [0.25, 0.3) is 5.69 Å². The highest BCUT2D eigenvalue weighted by atomic mass is 16.5. The number of piperazine rings is 1. The molecule has 1 aliphatic carbocycles. The molecule has 2 saturated heterocycles. The van der Waals surface area contributed by atoms with Gasteiger partial charge in [-0.3, -0.25) is 14.5 Å². The number of amides is 2. The Bertz CT molecular complexity index is 1210. The number of nitrogens with zero attached hydrogens (tertiary/aromatic N) is 4. The van der Waals surface area contributed by atoms with Crippen LogP contribution in [0.4, 0.5) is 0 Å². The largest absolute Gasteiger partial charge is 0.497 e. The highest BCUT2D eigenvalue weighted by Crippen LogP contribution is 2.38. The molecule has 8 heteroatoms. The third-order valence-electron chi connectivity index (χ3n) is 10.2. The number of benzene rings is 1. The van der Waals surface area contributed by atoms with Gasteiger partial charge in [-0.15, -0.1) is 0 Å². The van der Waals surface area contributed by atoms with Crippen LogP contribution in [0, 0.1) is 25.7 Å². The molecule has 3 fully saturated rings. The Morgan fingerprint density at radius 2 is 1.76 bits per heavy atom. The van der Waals surface area contributed by atoms with Gasteiger partial charge in [0.1, 0.15) is 17.3 Å². The zero-order chi connectivity index (χ0) is 29.1. The summed E-state index contributed by atoms with van der Waals surface area (Å²) in [5, 5.41) is 8.12. The third-order valence-corrected chi connectivity index (χ3v) is 10.2. The zero-order valence-electron chi connectivity index (χ0n) is 25.7. The molecule has 0 radical (unpaired) electrons. The van der Waals surface area contributed by atoms with Crippen LogP contribution >= 0.6 is 0 Å². The molecule has 1 N–H and O–H groups in total. The van der Waals surface area contributed by atoms with Gasteiger partial charge in [-0.1, -0.05) is 52.4 Å². The van der Waals surface area contributed by atoms with E-state index in [4.69, 9.17) is 9.84 Å². The SMILES string of the molecule is CCCCN1C(=O)[C@@H]([C@H](C)C2CCCCC2)NC(=O)C12CCN(Cc1c(C)nn(-c3ccc(OC)cc3)c1C)CC2. The second-order valence-corrected chi connectivity index (χ2v) is 12.6. The van der Waals surface area contributed by atoms with Gasteiger partial charge in [-0.2, -0.15) is 5.10 Å². The van der Waals surface area contributed by atoms with E-state index in [0.29, 0.717) is 25.3 Å². The molecule has 0 unspecified atom stereocenters. The molecule has 2 amide bonds. The predicted octanol–water partition coefficient (Wildman–Crippen LogP) is 5.18. The van der Waals surface area contributed by atoms with Crippen LogP contribution < -0.4 is 10.1 Å². The Morgan fingerprint density at radius 3 is 2.39 bits per heavy atom. The minimum absolute atomic E-state index is 0.0696. The normalized spacial score (nSPS) is 22.7. The predicted molar refractivity (Wildman–Crippen MR) is 161 cm³/mol. The minimum atomic E-state index is -0.733. The number of aromatic nitrogens is 2. The smallest absolute Gasteiger partial charge is 0.246 e. The van der Waals surface area contributed by atoms with Crippen molar-refractivity contribution in [2.75, 3.05) is 26.7 Å². The number of ether oxygens (including phenoxy) is 1. The molecule has 0 bridgehead atoms. The first kappa shape index (κ1) is 29.6. The van der Waals surface area contributed by atoms with Crippen LogP contribution in [-0.2, 0) is 16.1 Å². The van der Waals surface area contributed by atoms with Gasteiger partial charge in [0.25, 0.3) is 0 Å². The maximum atomic E-state index is 14.1. The van der Waals surface area contributed by atoms with Crippen molar-refractivity contribution >= 4 is 11.8 Å². The van der Waals surface area contributed by atoms with Gasteiger partial charge in [0, 0.05) is 37.4 Å². The molecule has 1 spiro atoms. The van der Waals surface area contributed by atoms with E-state index in [2.05, 4.69) is 37.9 Å². The first-order valence-corrected chi connectivity index (χ1v) is 15.8. The molecule has 8 nitrogen and oxygen atoms in total. The third kappa shape index (κ3) is 5.77. The standard InChI is InChI=1S/C33H49N5O3/c1-6-7-19-37-31(39)30(23(2)26-11-9-8-10-12-26)34-32(40)33(37)17-20-36(21-18-33)22-29-24(3)35-38(25(29)4)27-13-15-28(41-5)16-14-27/h13-16,23,26,30H,6-12,17-22H2,1-5H3,(H,34,40)/t23-,30-/m1/s1. The van der Waals surface area contributed by atoms with Crippen molar-refractivity contribution in [2.24, 2.45) is 11.8 Å². The van der Waals surface area contributed by atoms with Crippen LogP contribution in [0.2, 0.25) is 0 Å². The maximum Gasteiger partial charge on any atom is 0.246 e. The summed E-state index contributed by atoms with van der Waals surface area (Å²) in [4.78, 5) is 32.4. The quantitative estimate of drug-likeness (QED) is 0.455. The molecule has 2 aromatic rings. The molecule has 5 rings (SSSR count). The number of hydrogen-bond donors (Lipinski definition) is 1.